The van der Waals surface area contributed by atoms with Crippen LogP contribution >= 0.6 is 0 Å². The predicted octanol–water partition coefficient (Wildman–Crippen LogP) is -2.33. The van der Waals surface area contributed by atoms with E-state index in [0.29, 0.717) is 0 Å². The maximum absolute atomic E-state index is 8.94. The van der Waals surface area contributed by atoms with E-state index in [1.165, 1.54) is 0 Å². The molecule has 3 saturated heterocycles. The Morgan fingerprint density at radius 2 is 1.42 bits per heavy atom. The Labute approximate surface area is 68.8 Å². The van der Waals surface area contributed by atoms with Gasteiger partial charge in [-0.2, -0.15) is 0 Å². The first-order chi connectivity index (χ1) is 5.72. The van der Waals surface area contributed by atoms with E-state index in [4.69, 9.17) is 29.3 Å². The molecule has 0 aromatic carbocycles. The Balaban J connectivity index is 2.14. The van der Waals surface area contributed by atoms with E-state index in [1.807, 2.05) is 0 Å². The van der Waals surface area contributed by atoms with E-state index >= 15 is 0 Å². The first-order valence-electron chi connectivity index (χ1n) is 3.58. The zero-order chi connectivity index (χ0) is 8.82. The molecule has 0 aromatic rings. The average molecular weight is 176 g/mol. The first-order valence-corrected chi connectivity index (χ1v) is 3.58. The fourth-order valence-electron chi connectivity index (χ4n) is 1.22. The molecule has 3 N–H and O–H groups in total. The van der Waals surface area contributed by atoms with Gasteiger partial charge in [0.1, 0.15) is 5.41 Å². The van der Waals surface area contributed by atoms with Crippen LogP contribution in [-0.4, -0.2) is 48.4 Å². The van der Waals surface area contributed by atoms with Gasteiger partial charge in [-0.1, -0.05) is 0 Å². The van der Waals surface area contributed by atoms with Crippen molar-refractivity contribution in [1.29, 1.82) is 0 Å². The minimum Gasteiger partial charge on any atom is -0.395 e. The minimum absolute atomic E-state index is 0.466. The van der Waals surface area contributed by atoms with Gasteiger partial charge in [0.25, 0.3) is 5.97 Å². The molecule has 6 nitrogen and oxygen atoms in total. The van der Waals surface area contributed by atoms with E-state index in [2.05, 4.69) is 0 Å². The summed E-state index contributed by atoms with van der Waals surface area (Å²) >= 11 is 0. The van der Waals surface area contributed by atoms with Crippen molar-refractivity contribution in [3.63, 3.8) is 0 Å². The largest absolute Gasteiger partial charge is 0.650 e. The van der Waals surface area contributed by atoms with E-state index in [1.54, 1.807) is 0 Å². The molecule has 3 rings (SSSR count). The summed E-state index contributed by atoms with van der Waals surface area (Å²) in [4.78, 5) is 0. The van der Waals surface area contributed by atoms with Gasteiger partial charge in [-0.25, -0.2) is 0 Å². The third kappa shape index (κ3) is 0.710. The molecule has 3 aliphatic rings. The molecular formula is C5H9BO6. The third-order valence-corrected chi connectivity index (χ3v) is 2.31. The van der Waals surface area contributed by atoms with Crippen LogP contribution in [0.2, 0.25) is 0 Å². The number of aliphatic hydroxyl groups is 3. The van der Waals surface area contributed by atoms with Gasteiger partial charge in [-0.15, -0.1) is 0 Å². The van der Waals surface area contributed by atoms with E-state index < -0.39 is 38.5 Å². The normalized spacial score (nSPS) is 24.8. The van der Waals surface area contributed by atoms with Crippen LogP contribution in [0.5, 0.6) is 0 Å². The zero-order valence-corrected chi connectivity index (χ0v) is 6.27. The molecule has 0 radical (unpaired) electrons. The van der Waals surface area contributed by atoms with Crippen LogP contribution in [0, 0.1) is 5.41 Å². The summed E-state index contributed by atoms with van der Waals surface area (Å²) in [6.07, 6.45) is 0. The first kappa shape index (κ1) is 8.42. The van der Waals surface area contributed by atoms with Crippen molar-refractivity contribution in [3.8, 4) is 0 Å². The molecular weight excluding hydrogens is 167 g/mol. The summed E-state index contributed by atoms with van der Waals surface area (Å²) in [6, 6.07) is 0. The van der Waals surface area contributed by atoms with E-state index in [0.717, 1.165) is 0 Å². The molecule has 3 heterocycles. The molecule has 3 fully saturated rings. The predicted molar refractivity (Wildman–Crippen MR) is 35.4 cm³/mol. The van der Waals surface area contributed by atoms with Crippen LogP contribution in [0.15, 0.2) is 0 Å². The van der Waals surface area contributed by atoms with Crippen LogP contribution in [-0.2, 0) is 14.0 Å². The SMILES string of the molecule is OCC(CO)(CO)C12OB(O1)O2. The molecule has 0 spiro atoms. The molecule has 0 aromatic heterocycles. The van der Waals surface area contributed by atoms with Gasteiger partial charge in [0.05, 0.1) is 19.8 Å². The minimum atomic E-state index is -1.42. The second-order valence-electron chi connectivity index (χ2n) is 2.95. The molecule has 0 amide bonds. The molecule has 0 aliphatic carbocycles. The van der Waals surface area contributed by atoms with E-state index in [-0.39, 0.29) is 0 Å². The van der Waals surface area contributed by atoms with Crippen molar-refractivity contribution >= 4 is 7.32 Å². The van der Waals surface area contributed by atoms with Crippen molar-refractivity contribution in [1.82, 2.24) is 0 Å². The molecule has 12 heavy (non-hydrogen) atoms. The number of aliphatic hydroxyl groups excluding tert-OH is 3. The highest BCUT2D eigenvalue weighted by molar-refractivity contribution is 6.43. The number of hydrogen-bond acceptors (Lipinski definition) is 6. The maximum Gasteiger partial charge on any atom is 0.650 e. The van der Waals surface area contributed by atoms with Crippen LogP contribution in [0.4, 0.5) is 0 Å². The lowest BCUT2D eigenvalue weighted by atomic mass is 9.79. The molecule has 3 aliphatic heterocycles. The van der Waals surface area contributed by atoms with E-state index in [9.17, 15) is 0 Å². The van der Waals surface area contributed by atoms with Gasteiger partial charge in [0, 0.05) is 0 Å². The summed E-state index contributed by atoms with van der Waals surface area (Å²) in [6.45, 7) is -1.40. The lowest BCUT2D eigenvalue weighted by Crippen LogP contribution is -2.83. The zero-order valence-electron chi connectivity index (χ0n) is 6.27. The Morgan fingerprint density at radius 1 is 1.00 bits per heavy atom. The van der Waals surface area contributed by atoms with Gasteiger partial charge in [0.2, 0.25) is 0 Å². The van der Waals surface area contributed by atoms with Gasteiger partial charge in [-0.3, -0.25) is 0 Å². The van der Waals surface area contributed by atoms with Crippen LogP contribution in [0.25, 0.3) is 0 Å². The quantitative estimate of drug-likeness (QED) is 0.416. The highest BCUT2D eigenvalue weighted by Gasteiger charge is 2.77. The summed E-state index contributed by atoms with van der Waals surface area (Å²) in [5, 5.41) is 26.8. The lowest BCUT2D eigenvalue weighted by Gasteiger charge is -2.62. The topological polar surface area (TPSA) is 88.4 Å². The Morgan fingerprint density at radius 3 is 1.50 bits per heavy atom. The van der Waals surface area contributed by atoms with Gasteiger partial charge >= 0.3 is 7.32 Å². The maximum atomic E-state index is 8.94. The second-order valence-corrected chi connectivity index (χ2v) is 2.95. The average Bonchev–Trinajstić information content (AvgIpc) is 1.94. The molecule has 0 atom stereocenters. The van der Waals surface area contributed by atoms with Crippen molar-refractivity contribution in [2.24, 2.45) is 5.41 Å². The monoisotopic (exact) mass is 176 g/mol. The third-order valence-electron chi connectivity index (χ3n) is 2.31. The molecule has 0 unspecified atom stereocenters. The van der Waals surface area contributed by atoms with Crippen molar-refractivity contribution in [2.45, 2.75) is 5.97 Å². The van der Waals surface area contributed by atoms with Gasteiger partial charge in [-0.05, 0) is 0 Å². The smallest absolute Gasteiger partial charge is 0.395 e. The molecule has 2 bridgehead atoms. The summed E-state index contributed by atoms with van der Waals surface area (Å²) in [5.74, 6) is -1.42. The summed E-state index contributed by atoms with van der Waals surface area (Å²) in [7, 11) is -0.686. The fraction of sp³-hybridized carbons (Fsp3) is 1.00. The summed E-state index contributed by atoms with van der Waals surface area (Å²) in [5.41, 5.74) is -1.28. The standard InChI is InChI=1S/C5H9BO6/c7-1-4(2-8,3-9)5-10-6(11-5)12-5/h7-9H,1-3H2. The van der Waals surface area contributed by atoms with Crippen LogP contribution in [0.3, 0.4) is 0 Å². The molecule has 7 heteroatoms. The Kier molecular flexibility index (Phi) is 1.69. The highest BCUT2D eigenvalue weighted by atomic mass is 17.1. The van der Waals surface area contributed by atoms with Crippen molar-refractivity contribution in [2.75, 3.05) is 19.8 Å². The second kappa shape index (κ2) is 2.41. The Hall–Kier alpha value is -0.175. The number of rotatable bonds is 4. The van der Waals surface area contributed by atoms with Crippen LogP contribution in [0.1, 0.15) is 0 Å². The highest BCUT2D eigenvalue weighted by Crippen LogP contribution is 2.53. The molecule has 0 saturated carbocycles. The molecule has 68 valence electrons. The summed E-state index contributed by atoms with van der Waals surface area (Å²) < 4.78 is 14.8. The van der Waals surface area contributed by atoms with Crippen molar-refractivity contribution < 1.29 is 29.3 Å². The van der Waals surface area contributed by atoms with Crippen LogP contribution < -0.4 is 0 Å². The van der Waals surface area contributed by atoms with Crippen molar-refractivity contribution in [3.05, 3.63) is 0 Å². The fourth-order valence-corrected chi connectivity index (χ4v) is 1.22. The lowest BCUT2D eigenvalue weighted by molar-refractivity contribution is -0.512. The van der Waals surface area contributed by atoms with Gasteiger partial charge < -0.3 is 29.3 Å². The Bertz CT molecular complexity index is 167. The van der Waals surface area contributed by atoms with Gasteiger partial charge in [0.15, 0.2) is 0 Å². The number of hydrogen-bond donors (Lipinski definition) is 3.